The second kappa shape index (κ2) is 14.6. The minimum atomic E-state index is -2.92. The van der Waals surface area contributed by atoms with E-state index in [1.165, 1.54) is 0 Å². The lowest BCUT2D eigenvalue weighted by molar-refractivity contribution is -0.0520. The fraction of sp³-hybridized carbons (Fsp3) is 0.444. The molecule has 29 heavy (non-hydrogen) atoms. The van der Waals surface area contributed by atoms with Crippen molar-refractivity contribution in [3.63, 3.8) is 0 Å². The van der Waals surface area contributed by atoms with Crippen LogP contribution in [-0.4, -0.2) is 43.5 Å². The largest absolute Gasteiger partial charge is 0.490 e. The van der Waals surface area contributed by atoms with Gasteiger partial charge in [-0.2, -0.15) is 8.78 Å². The highest BCUT2D eigenvalue weighted by atomic mass is 127. The molecule has 0 saturated carbocycles. The molecule has 0 aliphatic carbocycles. The summed E-state index contributed by atoms with van der Waals surface area (Å²) in [5.41, 5.74) is 0.563. The van der Waals surface area contributed by atoms with Gasteiger partial charge in [-0.25, -0.2) is 4.98 Å². The summed E-state index contributed by atoms with van der Waals surface area (Å²) in [4.78, 5) is 8.38. The third kappa shape index (κ3) is 9.34. The van der Waals surface area contributed by atoms with Crippen molar-refractivity contribution in [1.29, 1.82) is 0 Å². The lowest BCUT2D eigenvalue weighted by Crippen LogP contribution is -2.37. The van der Waals surface area contributed by atoms with Crippen molar-refractivity contribution in [2.45, 2.75) is 30.8 Å². The molecular weight excluding hydrogens is 533 g/mol. The van der Waals surface area contributed by atoms with Crippen molar-refractivity contribution < 1.29 is 18.3 Å². The average molecular weight is 558 g/mol. The zero-order valence-electron chi connectivity index (χ0n) is 16.2. The third-order valence-corrected chi connectivity index (χ3v) is 5.54. The maximum atomic E-state index is 12.8. The van der Waals surface area contributed by atoms with Gasteiger partial charge in [-0.3, -0.25) is 4.99 Å². The van der Waals surface area contributed by atoms with E-state index in [4.69, 9.17) is 4.74 Å². The van der Waals surface area contributed by atoms with Crippen LogP contribution in [0.5, 0.6) is 11.5 Å². The van der Waals surface area contributed by atoms with E-state index in [0.29, 0.717) is 23.9 Å². The maximum absolute atomic E-state index is 12.8. The lowest BCUT2D eigenvalue weighted by atomic mass is 10.2. The van der Waals surface area contributed by atoms with Crippen molar-refractivity contribution in [1.82, 2.24) is 15.6 Å². The number of hydrogen-bond donors (Lipinski definition) is 2. The highest BCUT2D eigenvalue weighted by Crippen LogP contribution is 2.32. The van der Waals surface area contributed by atoms with Crippen LogP contribution < -0.4 is 20.1 Å². The summed E-state index contributed by atoms with van der Waals surface area (Å²) in [6, 6.07) is 5.06. The summed E-state index contributed by atoms with van der Waals surface area (Å²) in [5, 5.41) is 8.28. The molecule has 0 aliphatic rings. The normalized spacial score (nSPS) is 11.1. The fourth-order valence-electron chi connectivity index (χ4n) is 2.31. The van der Waals surface area contributed by atoms with E-state index in [2.05, 4.69) is 25.3 Å². The van der Waals surface area contributed by atoms with Crippen LogP contribution in [0, 0.1) is 0 Å². The number of guanidine groups is 1. The van der Waals surface area contributed by atoms with Crippen LogP contribution in [0.15, 0.2) is 39.1 Å². The van der Waals surface area contributed by atoms with Crippen molar-refractivity contribution >= 4 is 53.0 Å². The van der Waals surface area contributed by atoms with E-state index in [0.717, 1.165) is 23.1 Å². The molecule has 0 bridgehead atoms. The Hall–Kier alpha value is -1.34. The summed E-state index contributed by atoms with van der Waals surface area (Å²) in [6.07, 6.45) is 2.73. The molecule has 1 aromatic carbocycles. The molecule has 2 aromatic rings. The first-order chi connectivity index (χ1) is 13.6. The van der Waals surface area contributed by atoms with Gasteiger partial charge in [0.2, 0.25) is 0 Å². The Bertz CT molecular complexity index is 737. The first-order valence-corrected chi connectivity index (χ1v) is 10.7. The van der Waals surface area contributed by atoms with Crippen molar-refractivity contribution in [2.24, 2.45) is 4.99 Å². The second-order valence-corrected chi connectivity index (χ2v) is 7.65. The van der Waals surface area contributed by atoms with Gasteiger partial charge in [0, 0.05) is 43.0 Å². The van der Waals surface area contributed by atoms with Gasteiger partial charge >= 0.3 is 6.61 Å². The Kier molecular flexibility index (Phi) is 12.9. The Morgan fingerprint density at radius 3 is 2.83 bits per heavy atom. The summed E-state index contributed by atoms with van der Waals surface area (Å²) < 4.78 is 36.7. The monoisotopic (exact) mass is 558 g/mol. The number of para-hydroxylation sites is 1. The van der Waals surface area contributed by atoms with Crippen molar-refractivity contribution in [3.05, 3.63) is 35.3 Å². The van der Waals surface area contributed by atoms with Crippen molar-refractivity contribution in [3.8, 4) is 11.5 Å². The van der Waals surface area contributed by atoms with Crippen LogP contribution in [0.2, 0.25) is 0 Å². The highest BCUT2D eigenvalue weighted by molar-refractivity contribution is 14.0. The maximum Gasteiger partial charge on any atom is 0.387 e. The van der Waals surface area contributed by atoms with Crippen LogP contribution in [-0.2, 0) is 6.54 Å². The van der Waals surface area contributed by atoms with Crippen LogP contribution in [0.1, 0.15) is 18.9 Å². The Morgan fingerprint density at radius 1 is 1.34 bits per heavy atom. The second-order valence-electron chi connectivity index (χ2n) is 5.41. The smallest absolute Gasteiger partial charge is 0.387 e. The lowest BCUT2D eigenvalue weighted by Gasteiger charge is -2.17. The van der Waals surface area contributed by atoms with Crippen LogP contribution in [0.4, 0.5) is 8.78 Å². The van der Waals surface area contributed by atoms with E-state index in [9.17, 15) is 8.78 Å². The standard InChI is InChI=1S/C18H24F2N4O2S2.HI/c1-3-25-14-7-4-6-13(15(14)26-16(19)20)12-24-17(21-2)22-8-5-10-27-18-23-9-11-28-18;/h4,6-7,9,11,16H,3,5,8,10,12H2,1-2H3,(H2,21,22,24);1H. The molecule has 2 N–H and O–H groups in total. The highest BCUT2D eigenvalue weighted by Gasteiger charge is 2.16. The number of nitrogens with one attached hydrogen (secondary N) is 2. The van der Waals surface area contributed by atoms with E-state index < -0.39 is 6.61 Å². The molecule has 0 spiro atoms. The molecule has 0 atom stereocenters. The Morgan fingerprint density at radius 2 is 2.17 bits per heavy atom. The molecule has 0 aliphatic heterocycles. The number of ether oxygens (including phenoxy) is 2. The third-order valence-electron chi connectivity index (χ3n) is 3.49. The molecule has 0 radical (unpaired) electrons. The molecule has 162 valence electrons. The Labute approximate surface area is 194 Å². The minimum Gasteiger partial charge on any atom is -0.490 e. The Balaban J connectivity index is 0.00000420. The number of nitrogens with zero attached hydrogens (tertiary/aromatic N) is 2. The number of thioether (sulfide) groups is 1. The predicted molar refractivity (Wildman–Crippen MR) is 125 cm³/mol. The zero-order valence-corrected chi connectivity index (χ0v) is 20.2. The molecule has 11 heteroatoms. The van der Waals surface area contributed by atoms with Crippen LogP contribution >= 0.6 is 47.1 Å². The number of benzene rings is 1. The summed E-state index contributed by atoms with van der Waals surface area (Å²) in [7, 11) is 1.66. The summed E-state index contributed by atoms with van der Waals surface area (Å²) in [6.45, 7) is 0.232. The molecule has 0 amide bonds. The number of hydrogen-bond acceptors (Lipinski definition) is 6. The quantitative estimate of drug-likeness (QED) is 0.138. The molecule has 2 rings (SSSR count). The number of alkyl halides is 2. The number of thiazole rings is 1. The van der Waals surface area contributed by atoms with Gasteiger partial charge in [0.15, 0.2) is 17.5 Å². The molecule has 0 saturated heterocycles. The topological polar surface area (TPSA) is 67.8 Å². The molecule has 6 nitrogen and oxygen atoms in total. The van der Waals surface area contributed by atoms with Gasteiger partial charge in [0.25, 0.3) is 0 Å². The predicted octanol–water partition coefficient (Wildman–Crippen LogP) is 4.61. The van der Waals surface area contributed by atoms with Gasteiger partial charge in [0.05, 0.1) is 6.61 Å². The first kappa shape index (κ1) is 25.7. The van der Waals surface area contributed by atoms with E-state index in [-0.39, 0.29) is 36.3 Å². The van der Waals surface area contributed by atoms with Crippen LogP contribution in [0.3, 0.4) is 0 Å². The minimum absolute atomic E-state index is 0. The van der Waals surface area contributed by atoms with Gasteiger partial charge < -0.3 is 20.1 Å². The average Bonchev–Trinajstić information content (AvgIpc) is 3.19. The first-order valence-electron chi connectivity index (χ1n) is 8.80. The SMILES string of the molecule is CCOc1cccc(CNC(=NC)NCCCSc2nccs2)c1OC(F)F.I. The van der Waals surface area contributed by atoms with E-state index >= 15 is 0 Å². The van der Waals surface area contributed by atoms with Gasteiger partial charge in [-0.15, -0.1) is 35.3 Å². The van der Waals surface area contributed by atoms with Crippen LogP contribution in [0.25, 0.3) is 0 Å². The number of aliphatic imine (C=N–C) groups is 1. The molecule has 1 heterocycles. The fourth-order valence-corrected chi connectivity index (χ4v) is 3.96. The number of rotatable bonds is 11. The number of aromatic nitrogens is 1. The molecular formula is C18H25F2IN4O2S2. The summed E-state index contributed by atoms with van der Waals surface area (Å²) >= 11 is 3.34. The van der Waals surface area contributed by atoms with Gasteiger partial charge in [-0.1, -0.05) is 23.9 Å². The molecule has 1 aromatic heterocycles. The van der Waals surface area contributed by atoms with E-state index in [1.807, 2.05) is 5.38 Å². The molecule has 0 unspecified atom stereocenters. The molecule has 0 fully saturated rings. The van der Waals surface area contributed by atoms with E-state index in [1.54, 1.807) is 61.5 Å². The summed E-state index contributed by atoms with van der Waals surface area (Å²) in [5.74, 6) is 1.87. The van der Waals surface area contributed by atoms with Crippen molar-refractivity contribution in [2.75, 3.05) is 26.0 Å². The van der Waals surface area contributed by atoms with Gasteiger partial charge in [0.1, 0.15) is 4.34 Å². The zero-order chi connectivity index (χ0) is 20.2. The van der Waals surface area contributed by atoms with Gasteiger partial charge in [-0.05, 0) is 19.4 Å². The number of halogens is 3.